The molecule has 0 spiro atoms. The van der Waals surface area contributed by atoms with Crippen molar-refractivity contribution in [3.05, 3.63) is 34.5 Å². The fraction of sp³-hybridized carbons (Fsp3) is 0.273. The van der Waals surface area contributed by atoms with E-state index in [9.17, 15) is 0 Å². The maximum absolute atomic E-state index is 5.64. The summed E-state index contributed by atoms with van der Waals surface area (Å²) in [6.45, 7) is 4.46. The maximum atomic E-state index is 5.64. The van der Waals surface area contributed by atoms with Gasteiger partial charge >= 0.3 is 0 Å². The molecular formula is C11H13N3S. The average molecular weight is 219 g/mol. The standard InChI is InChI=1S/C11H13N3S/c1-7-9(6-12)8(2)14-11(13-7)10-4-3-5-15-10/h3-5H,6,12H2,1-2H3. The van der Waals surface area contributed by atoms with Gasteiger partial charge in [0.1, 0.15) is 0 Å². The number of hydrogen-bond donors (Lipinski definition) is 1. The van der Waals surface area contributed by atoms with Crippen LogP contribution in [0, 0.1) is 13.8 Å². The van der Waals surface area contributed by atoms with E-state index in [0.29, 0.717) is 6.54 Å². The Morgan fingerprint density at radius 2 is 1.93 bits per heavy atom. The molecule has 2 aromatic rings. The molecule has 2 heterocycles. The van der Waals surface area contributed by atoms with Crippen LogP contribution in [-0.2, 0) is 6.54 Å². The van der Waals surface area contributed by atoms with Crippen molar-refractivity contribution < 1.29 is 0 Å². The summed E-state index contributed by atoms with van der Waals surface area (Å²) in [5.74, 6) is 0.803. The molecule has 0 aromatic carbocycles. The highest BCUT2D eigenvalue weighted by Crippen LogP contribution is 2.22. The van der Waals surface area contributed by atoms with Gasteiger partial charge in [-0.05, 0) is 25.3 Å². The smallest absolute Gasteiger partial charge is 0.169 e. The normalized spacial score (nSPS) is 10.6. The lowest BCUT2D eigenvalue weighted by Gasteiger charge is -2.07. The van der Waals surface area contributed by atoms with Gasteiger partial charge in [0.25, 0.3) is 0 Å². The molecule has 0 fully saturated rings. The third-order valence-corrected chi connectivity index (χ3v) is 3.23. The Hall–Kier alpha value is -1.26. The van der Waals surface area contributed by atoms with Crippen molar-refractivity contribution in [2.75, 3.05) is 0 Å². The van der Waals surface area contributed by atoms with Gasteiger partial charge in [0.05, 0.1) is 4.88 Å². The molecule has 0 saturated heterocycles. The van der Waals surface area contributed by atoms with Gasteiger partial charge in [0, 0.05) is 23.5 Å². The van der Waals surface area contributed by atoms with Crippen LogP contribution in [0.2, 0.25) is 0 Å². The van der Waals surface area contributed by atoms with Crippen molar-refractivity contribution in [1.82, 2.24) is 9.97 Å². The summed E-state index contributed by atoms with van der Waals surface area (Å²) in [4.78, 5) is 10.0. The van der Waals surface area contributed by atoms with Gasteiger partial charge < -0.3 is 5.73 Å². The SMILES string of the molecule is Cc1nc(-c2cccs2)nc(C)c1CN. The van der Waals surface area contributed by atoms with Crippen LogP contribution in [0.4, 0.5) is 0 Å². The number of aryl methyl sites for hydroxylation is 2. The molecule has 0 atom stereocenters. The molecule has 0 unspecified atom stereocenters. The van der Waals surface area contributed by atoms with Crippen molar-refractivity contribution in [2.24, 2.45) is 5.73 Å². The van der Waals surface area contributed by atoms with E-state index in [4.69, 9.17) is 5.73 Å². The minimum Gasteiger partial charge on any atom is -0.326 e. The molecule has 2 rings (SSSR count). The molecular weight excluding hydrogens is 206 g/mol. The quantitative estimate of drug-likeness (QED) is 0.843. The minimum atomic E-state index is 0.502. The predicted octanol–water partition coefficient (Wildman–Crippen LogP) is 2.28. The van der Waals surface area contributed by atoms with Crippen molar-refractivity contribution in [1.29, 1.82) is 0 Å². The molecule has 0 saturated carbocycles. The predicted molar refractivity (Wildman–Crippen MR) is 62.7 cm³/mol. The molecule has 0 aliphatic heterocycles. The van der Waals surface area contributed by atoms with Crippen LogP contribution < -0.4 is 5.73 Å². The van der Waals surface area contributed by atoms with E-state index in [1.807, 2.05) is 31.4 Å². The molecule has 3 nitrogen and oxygen atoms in total. The molecule has 15 heavy (non-hydrogen) atoms. The molecule has 0 amide bonds. The Kier molecular flexibility index (Phi) is 2.79. The van der Waals surface area contributed by atoms with E-state index in [2.05, 4.69) is 9.97 Å². The summed E-state index contributed by atoms with van der Waals surface area (Å²) in [5, 5.41) is 2.03. The highest BCUT2D eigenvalue weighted by Gasteiger charge is 2.08. The Morgan fingerprint density at radius 1 is 1.27 bits per heavy atom. The third-order valence-electron chi connectivity index (χ3n) is 2.37. The van der Waals surface area contributed by atoms with E-state index in [0.717, 1.165) is 27.7 Å². The molecule has 0 radical (unpaired) electrons. The Labute approximate surface area is 93.0 Å². The second-order valence-electron chi connectivity index (χ2n) is 3.38. The van der Waals surface area contributed by atoms with Crippen LogP contribution in [0.3, 0.4) is 0 Å². The number of thiophene rings is 1. The van der Waals surface area contributed by atoms with E-state index < -0.39 is 0 Å². The summed E-state index contributed by atoms with van der Waals surface area (Å²) >= 11 is 1.65. The van der Waals surface area contributed by atoms with E-state index in [-0.39, 0.29) is 0 Å². The second kappa shape index (κ2) is 4.08. The first-order valence-corrected chi connectivity index (χ1v) is 5.68. The molecule has 78 valence electrons. The second-order valence-corrected chi connectivity index (χ2v) is 4.33. The summed E-state index contributed by atoms with van der Waals surface area (Å²) in [7, 11) is 0. The molecule has 0 aliphatic carbocycles. The van der Waals surface area contributed by atoms with Crippen molar-refractivity contribution in [2.45, 2.75) is 20.4 Å². The fourth-order valence-corrected chi connectivity index (χ4v) is 2.21. The molecule has 2 N–H and O–H groups in total. The van der Waals surface area contributed by atoms with Gasteiger partial charge in [0.15, 0.2) is 5.82 Å². The molecule has 4 heteroatoms. The van der Waals surface area contributed by atoms with E-state index in [1.165, 1.54) is 0 Å². The third kappa shape index (κ3) is 1.91. The van der Waals surface area contributed by atoms with Crippen LogP contribution in [0.1, 0.15) is 17.0 Å². The van der Waals surface area contributed by atoms with Crippen molar-refractivity contribution in [3.63, 3.8) is 0 Å². The lowest BCUT2D eigenvalue weighted by atomic mass is 10.1. The number of nitrogens with two attached hydrogens (primary N) is 1. The topological polar surface area (TPSA) is 51.8 Å². The largest absolute Gasteiger partial charge is 0.326 e. The van der Waals surface area contributed by atoms with E-state index >= 15 is 0 Å². The first kappa shape index (κ1) is 10.3. The Balaban J connectivity index is 2.53. The van der Waals surface area contributed by atoms with Gasteiger partial charge in [-0.25, -0.2) is 9.97 Å². The zero-order chi connectivity index (χ0) is 10.8. The summed E-state index contributed by atoms with van der Waals surface area (Å²) in [6, 6.07) is 4.03. The van der Waals surface area contributed by atoms with Crippen LogP contribution in [0.15, 0.2) is 17.5 Å². The monoisotopic (exact) mass is 219 g/mol. The van der Waals surface area contributed by atoms with E-state index in [1.54, 1.807) is 11.3 Å². The number of nitrogens with zero attached hydrogens (tertiary/aromatic N) is 2. The molecule has 0 bridgehead atoms. The van der Waals surface area contributed by atoms with Crippen molar-refractivity contribution in [3.8, 4) is 10.7 Å². The van der Waals surface area contributed by atoms with Crippen LogP contribution in [-0.4, -0.2) is 9.97 Å². The first-order valence-electron chi connectivity index (χ1n) is 4.80. The highest BCUT2D eigenvalue weighted by molar-refractivity contribution is 7.13. The summed E-state index contributed by atoms with van der Waals surface area (Å²) in [6.07, 6.45) is 0. The lowest BCUT2D eigenvalue weighted by Crippen LogP contribution is -2.06. The van der Waals surface area contributed by atoms with Crippen LogP contribution >= 0.6 is 11.3 Å². The van der Waals surface area contributed by atoms with Crippen LogP contribution in [0.25, 0.3) is 10.7 Å². The van der Waals surface area contributed by atoms with Gasteiger partial charge in [-0.15, -0.1) is 11.3 Å². The fourth-order valence-electron chi connectivity index (χ4n) is 1.55. The van der Waals surface area contributed by atoms with Crippen LogP contribution in [0.5, 0.6) is 0 Å². The van der Waals surface area contributed by atoms with Gasteiger partial charge in [0.2, 0.25) is 0 Å². The first-order chi connectivity index (χ1) is 7.22. The average Bonchev–Trinajstić information content (AvgIpc) is 2.69. The van der Waals surface area contributed by atoms with Gasteiger partial charge in [-0.3, -0.25) is 0 Å². The number of rotatable bonds is 2. The lowest BCUT2D eigenvalue weighted by molar-refractivity contribution is 0.940. The number of hydrogen-bond acceptors (Lipinski definition) is 4. The zero-order valence-corrected chi connectivity index (χ0v) is 9.64. The summed E-state index contributed by atoms with van der Waals surface area (Å²) in [5.41, 5.74) is 8.65. The van der Waals surface area contributed by atoms with Crippen molar-refractivity contribution >= 4 is 11.3 Å². The molecule has 0 aliphatic rings. The minimum absolute atomic E-state index is 0.502. The zero-order valence-electron chi connectivity index (χ0n) is 8.82. The molecule has 2 aromatic heterocycles. The number of aromatic nitrogens is 2. The van der Waals surface area contributed by atoms with Gasteiger partial charge in [-0.2, -0.15) is 0 Å². The Morgan fingerprint density at radius 3 is 2.40 bits per heavy atom. The Bertz CT molecular complexity index is 440. The highest BCUT2D eigenvalue weighted by atomic mass is 32.1. The maximum Gasteiger partial charge on any atom is 0.169 e. The summed E-state index contributed by atoms with van der Waals surface area (Å²) < 4.78 is 0. The van der Waals surface area contributed by atoms with Gasteiger partial charge in [-0.1, -0.05) is 6.07 Å².